The van der Waals surface area contributed by atoms with Gasteiger partial charge in [-0.1, -0.05) is 41.4 Å². The Morgan fingerprint density at radius 2 is 1.76 bits per heavy atom. The molecule has 0 aliphatic carbocycles. The SMILES string of the molecule is COc1ccccc1CC(=O)O[C@@H](C)C(=O)Nc1cc(Cl)cc(Cl)c1. The van der Waals surface area contributed by atoms with Gasteiger partial charge < -0.3 is 14.8 Å². The van der Waals surface area contributed by atoms with Gasteiger partial charge in [0.05, 0.1) is 13.5 Å². The maximum absolute atomic E-state index is 12.1. The van der Waals surface area contributed by atoms with Crippen molar-refractivity contribution in [3.05, 3.63) is 58.1 Å². The molecule has 0 aromatic heterocycles. The zero-order valence-corrected chi connectivity index (χ0v) is 15.2. The molecule has 5 nitrogen and oxygen atoms in total. The molecule has 0 spiro atoms. The summed E-state index contributed by atoms with van der Waals surface area (Å²) in [6, 6.07) is 11.8. The van der Waals surface area contributed by atoms with Gasteiger partial charge in [0.1, 0.15) is 5.75 Å². The number of esters is 1. The van der Waals surface area contributed by atoms with Gasteiger partial charge in [-0.15, -0.1) is 0 Å². The number of ether oxygens (including phenoxy) is 2. The first-order chi connectivity index (χ1) is 11.9. The molecule has 0 unspecified atom stereocenters. The topological polar surface area (TPSA) is 64.6 Å². The minimum Gasteiger partial charge on any atom is -0.496 e. The summed E-state index contributed by atoms with van der Waals surface area (Å²) in [5.74, 6) is -0.423. The van der Waals surface area contributed by atoms with Crippen LogP contribution in [0.5, 0.6) is 5.75 Å². The first-order valence-corrected chi connectivity index (χ1v) is 8.23. The van der Waals surface area contributed by atoms with Crippen molar-refractivity contribution in [2.45, 2.75) is 19.4 Å². The highest BCUT2D eigenvalue weighted by Gasteiger charge is 2.19. The van der Waals surface area contributed by atoms with Crippen molar-refractivity contribution in [1.29, 1.82) is 0 Å². The van der Waals surface area contributed by atoms with Gasteiger partial charge in [0, 0.05) is 21.3 Å². The maximum atomic E-state index is 12.1. The summed E-state index contributed by atoms with van der Waals surface area (Å²) in [6.07, 6.45) is -0.968. The third kappa shape index (κ3) is 5.66. The second kappa shape index (κ2) is 8.74. The van der Waals surface area contributed by atoms with E-state index in [9.17, 15) is 9.59 Å². The molecule has 1 atom stereocenters. The van der Waals surface area contributed by atoms with Crippen molar-refractivity contribution in [3.63, 3.8) is 0 Å². The Morgan fingerprint density at radius 3 is 2.40 bits per heavy atom. The summed E-state index contributed by atoms with van der Waals surface area (Å²) < 4.78 is 10.4. The van der Waals surface area contributed by atoms with Crippen LogP contribution in [0.25, 0.3) is 0 Å². The number of hydrogen-bond acceptors (Lipinski definition) is 4. The zero-order chi connectivity index (χ0) is 18.4. The van der Waals surface area contributed by atoms with Crippen LogP contribution in [0.1, 0.15) is 12.5 Å². The molecule has 2 aromatic carbocycles. The van der Waals surface area contributed by atoms with Crippen molar-refractivity contribution >= 4 is 40.8 Å². The van der Waals surface area contributed by atoms with Crippen LogP contribution in [-0.2, 0) is 20.7 Å². The summed E-state index contributed by atoms with van der Waals surface area (Å²) in [7, 11) is 1.52. The van der Waals surface area contributed by atoms with Crippen LogP contribution in [0.4, 0.5) is 5.69 Å². The van der Waals surface area contributed by atoms with Gasteiger partial charge >= 0.3 is 5.97 Å². The average molecular weight is 382 g/mol. The number of carbonyl (C=O) groups excluding carboxylic acids is 2. The van der Waals surface area contributed by atoms with Crippen molar-refractivity contribution < 1.29 is 19.1 Å². The minimum atomic E-state index is -0.972. The summed E-state index contributed by atoms with van der Waals surface area (Å²) in [5.41, 5.74) is 1.11. The number of methoxy groups -OCH3 is 1. The number of rotatable bonds is 6. The number of carbonyl (C=O) groups is 2. The number of hydrogen-bond donors (Lipinski definition) is 1. The van der Waals surface area contributed by atoms with Crippen LogP contribution in [-0.4, -0.2) is 25.1 Å². The number of amides is 1. The third-order valence-electron chi connectivity index (χ3n) is 3.33. The Balaban J connectivity index is 1.95. The van der Waals surface area contributed by atoms with Gasteiger partial charge in [0.25, 0.3) is 5.91 Å². The maximum Gasteiger partial charge on any atom is 0.311 e. The summed E-state index contributed by atoms with van der Waals surface area (Å²) in [4.78, 5) is 24.2. The largest absolute Gasteiger partial charge is 0.496 e. The highest BCUT2D eigenvalue weighted by molar-refractivity contribution is 6.35. The molecule has 1 amide bonds. The Bertz CT molecular complexity index is 759. The zero-order valence-electron chi connectivity index (χ0n) is 13.7. The van der Waals surface area contributed by atoms with Gasteiger partial charge in [-0.2, -0.15) is 0 Å². The second-order valence-corrected chi connectivity index (χ2v) is 6.14. The fraction of sp³-hybridized carbons (Fsp3) is 0.222. The molecule has 2 aromatic rings. The molecule has 0 heterocycles. The Hall–Kier alpha value is -2.24. The van der Waals surface area contributed by atoms with Crippen molar-refractivity contribution in [2.75, 3.05) is 12.4 Å². The average Bonchev–Trinajstić information content (AvgIpc) is 2.54. The molecular weight excluding hydrogens is 365 g/mol. The van der Waals surface area contributed by atoms with Crippen LogP contribution in [0.15, 0.2) is 42.5 Å². The first kappa shape index (κ1) is 19.1. The lowest BCUT2D eigenvalue weighted by Crippen LogP contribution is -2.30. The van der Waals surface area contributed by atoms with E-state index in [4.69, 9.17) is 32.7 Å². The van der Waals surface area contributed by atoms with Crippen LogP contribution in [0.2, 0.25) is 10.0 Å². The molecule has 7 heteroatoms. The van der Waals surface area contributed by atoms with Crippen molar-refractivity contribution in [3.8, 4) is 5.75 Å². The minimum absolute atomic E-state index is 0.00459. The lowest BCUT2D eigenvalue weighted by Gasteiger charge is -2.14. The summed E-state index contributed by atoms with van der Waals surface area (Å²) in [6.45, 7) is 1.49. The van der Waals surface area contributed by atoms with Gasteiger partial charge in [-0.3, -0.25) is 9.59 Å². The van der Waals surface area contributed by atoms with E-state index >= 15 is 0 Å². The van der Waals surface area contributed by atoms with E-state index in [1.807, 2.05) is 0 Å². The number of nitrogens with one attached hydrogen (secondary N) is 1. The Morgan fingerprint density at radius 1 is 1.12 bits per heavy atom. The number of anilines is 1. The van der Waals surface area contributed by atoms with E-state index in [0.29, 0.717) is 27.0 Å². The van der Waals surface area contributed by atoms with E-state index in [1.165, 1.54) is 14.0 Å². The lowest BCUT2D eigenvalue weighted by molar-refractivity contribution is -0.152. The quantitative estimate of drug-likeness (QED) is 0.764. The predicted molar refractivity (Wildman–Crippen MR) is 97.3 cm³/mol. The molecule has 2 rings (SSSR count). The summed E-state index contributed by atoms with van der Waals surface area (Å²) >= 11 is 11.8. The second-order valence-electron chi connectivity index (χ2n) is 5.27. The molecule has 0 saturated carbocycles. The Labute approximate surface area is 155 Å². The van der Waals surface area contributed by atoms with Gasteiger partial charge in [-0.05, 0) is 31.2 Å². The Kier molecular flexibility index (Phi) is 6.67. The molecule has 0 saturated heterocycles. The van der Waals surface area contributed by atoms with Gasteiger partial charge in [0.2, 0.25) is 0 Å². The molecule has 132 valence electrons. The van der Waals surface area contributed by atoms with E-state index in [2.05, 4.69) is 5.32 Å². The molecule has 0 aliphatic rings. The third-order valence-corrected chi connectivity index (χ3v) is 3.77. The van der Waals surface area contributed by atoms with Crippen LogP contribution in [0.3, 0.4) is 0 Å². The van der Waals surface area contributed by atoms with Gasteiger partial charge in [0.15, 0.2) is 6.10 Å². The highest BCUT2D eigenvalue weighted by atomic mass is 35.5. The van der Waals surface area contributed by atoms with E-state index < -0.39 is 18.0 Å². The molecule has 0 fully saturated rings. The van der Waals surface area contributed by atoms with E-state index in [1.54, 1.807) is 42.5 Å². The van der Waals surface area contributed by atoms with Crippen molar-refractivity contribution in [2.24, 2.45) is 0 Å². The van der Waals surface area contributed by atoms with E-state index in [-0.39, 0.29) is 6.42 Å². The molecular formula is C18H17Cl2NO4. The fourth-order valence-corrected chi connectivity index (χ4v) is 2.69. The van der Waals surface area contributed by atoms with Crippen molar-refractivity contribution in [1.82, 2.24) is 0 Å². The molecule has 25 heavy (non-hydrogen) atoms. The monoisotopic (exact) mass is 381 g/mol. The molecule has 0 radical (unpaired) electrons. The number of para-hydroxylation sites is 1. The fourth-order valence-electron chi connectivity index (χ4n) is 2.17. The molecule has 0 bridgehead atoms. The molecule has 1 N–H and O–H groups in total. The number of benzene rings is 2. The normalized spacial score (nSPS) is 11.5. The first-order valence-electron chi connectivity index (χ1n) is 7.47. The smallest absolute Gasteiger partial charge is 0.311 e. The predicted octanol–water partition coefficient (Wildman–Crippen LogP) is 4.11. The lowest BCUT2D eigenvalue weighted by atomic mass is 10.1. The standard InChI is InChI=1S/C18H17Cl2NO4/c1-11(18(23)21-15-9-13(19)8-14(20)10-15)25-17(22)7-12-5-3-4-6-16(12)24-2/h3-6,8-11H,7H2,1-2H3,(H,21,23)/t11-/m0/s1. The van der Waals surface area contributed by atoms with Gasteiger partial charge in [-0.25, -0.2) is 0 Å². The van der Waals surface area contributed by atoms with Crippen LogP contribution >= 0.6 is 23.2 Å². The van der Waals surface area contributed by atoms with Crippen LogP contribution in [0, 0.1) is 0 Å². The highest BCUT2D eigenvalue weighted by Crippen LogP contribution is 2.23. The van der Waals surface area contributed by atoms with E-state index in [0.717, 1.165) is 0 Å². The summed E-state index contributed by atoms with van der Waals surface area (Å²) in [5, 5.41) is 3.39. The van der Waals surface area contributed by atoms with Crippen LogP contribution < -0.4 is 10.1 Å². The number of halogens is 2. The molecule has 0 aliphatic heterocycles.